The average molecular weight is 294 g/mol. The summed E-state index contributed by atoms with van der Waals surface area (Å²) in [6.45, 7) is 0. The Kier molecular flexibility index (Phi) is 5.43. The molecule has 2 rings (SSSR count). The summed E-state index contributed by atoms with van der Waals surface area (Å²) in [5.74, 6) is -3.00. The summed E-state index contributed by atoms with van der Waals surface area (Å²) in [4.78, 5) is 41.3. The van der Waals surface area contributed by atoms with Crippen LogP contribution in [-0.4, -0.2) is 52.8 Å². The maximum Gasteiger partial charge on any atom is 0.314 e. The molecule has 0 saturated carbocycles. The van der Waals surface area contributed by atoms with Gasteiger partial charge in [-0.1, -0.05) is 0 Å². The standard InChI is InChI=1S/C7H6N6O.C3H4O4/c8-6(14)5-7(11-2-1-10-5)13-4-9-3-12-13;4-2(5)1-3(6)7/h1-4H,(H2,8,14);1H2,(H,4,5)(H,6,7). The highest BCUT2D eigenvalue weighted by atomic mass is 16.4. The molecule has 0 aromatic carbocycles. The quantitative estimate of drug-likeness (QED) is 0.578. The second-order valence-electron chi connectivity index (χ2n) is 3.40. The second-order valence-corrected chi connectivity index (χ2v) is 3.40. The lowest BCUT2D eigenvalue weighted by molar-refractivity contribution is -0.147. The molecule has 110 valence electrons. The summed E-state index contributed by atoms with van der Waals surface area (Å²) in [6, 6.07) is 0. The average Bonchev–Trinajstić information content (AvgIpc) is 2.91. The van der Waals surface area contributed by atoms with Gasteiger partial charge in [0.1, 0.15) is 19.1 Å². The van der Waals surface area contributed by atoms with Crippen LogP contribution in [-0.2, 0) is 9.59 Å². The first-order chi connectivity index (χ1) is 9.91. The largest absolute Gasteiger partial charge is 0.481 e. The summed E-state index contributed by atoms with van der Waals surface area (Å²) >= 11 is 0. The number of aromatic nitrogens is 5. The van der Waals surface area contributed by atoms with Gasteiger partial charge in [-0.3, -0.25) is 14.4 Å². The van der Waals surface area contributed by atoms with Crippen LogP contribution in [0.1, 0.15) is 16.9 Å². The Morgan fingerprint density at radius 3 is 2.19 bits per heavy atom. The van der Waals surface area contributed by atoms with Gasteiger partial charge in [-0.05, 0) is 0 Å². The molecule has 1 amide bonds. The van der Waals surface area contributed by atoms with Crippen molar-refractivity contribution < 1.29 is 24.6 Å². The highest BCUT2D eigenvalue weighted by Gasteiger charge is 2.12. The van der Waals surface area contributed by atoms with E-state index in [2.05, 4.69) is 20.1 Å². The molecule has 0 aliphatic heterocycles. The van der Waals surface area contributed by atoms with Crippen molar-refractivity contribution in [3.63, 3.8) is 0 Å². The van der Waals surface area contributed by atoms with Crippen LogP contribution in [0, 0.1) is 0 Å². The Bertz CT molecular complexity index is 629. The molecule has 0 spiro atoms. The molecule has 4 N–H and O–H groups in total. The molecule has 0 aliphatic carbocycles. The molecule has 0 fully saturated rings. The molecule has 2 aromatic rings. The lowest BCUT2D eigenvalue weighted by atomic mass is 10.4. The van der Waals surface area contributed by atoms with E-state index >= 15 is 0 Å². The number of nitrogens with two attached hydrogens (primary N) is 1. The normalized spacial score (nSPS) is 9.33. The SMILES string of the molecule is NC(=O)c1nccnc1-n1cncn1.O=C(O)CC(=O)O. The van der Waals surface area contributed by atoms with Crippen LogP contribution >= 0.6 is 0 Å². The van der Waals surface area contributed by atoms with Gasteiger partial charge in [0.05, 0.1) is 0 Å². The van der Waals surface area contributed by atoms with E-state index in [1.807, 2.05) is 0 Å². The molecule has 2 heterocycles. The van der Waals surface area contributed by atoms with E-state index in [9.17, 15) is 14.4 Å². The first-order valence-corrected chi connectivity index (χ1v) is 5.31. The fourth-order valence-electron chi connectivity index (χ4n) is 1.12. The van der Waals surface area contributed by atoms with Gasteiger partial charge >= 0.3 is 11.9 Å². The third-order valence-corrected chi connectivity index (χ3v) is 1.85. The minimum atomic E-state index is -1.31. The van der Waals surface area contributed by atoms with Crippen LogP contribution in [0.15, 0.2) is 25.0 Å². The van der Waals surface area contributed by atoms with Crippen LogP contribution in [0.3, 0.4) is 0 Å². The smallest absolute Gasteiger partial charge is 0.314 e. The van der Waals surface area contributed by atoms with Crippen molar-refractivity contribution in [3.8, 4) is 5.82 Å². The van der Waals surface area contributed by atoms with E-state index in [1.54, 1.807) is 0 Å². The van der Waals surface area contributed by atoms with Gasteiger partial charge in [0, 0.05) is 12.4 Å². The third-order valence-electron chi connectivity index (χ3n) is 1.85. The Morgan fingerprint density at radius 1 is 1.14 bits per heavy atom. The third kappa shape index (κ3) is 5.02. The Labute approximate surface area is 117 Å². The molecule has 0 unspecified atom stereocenters. The second kappa shape index (κ2) is 7.28. The van der Waals surface area contributed by atoms with E-state index in [0.29, 0.717) is 0 Å². The Morgan fingerprint density at radius 2 is 1.76 bits per heavy atom. The highest BCUT2D eigenvalue weighted by molar-refractivity contribution is 5.93. The predicted octanol–water partition coefficient (Wildman–Crippen LogP) is -1.30. The molecule has 2 aromatic heterocycles. The lowest BCUT2D eigenvalue weighted by Crippen LogP contribution is -2.17. The minimum Gasteiger partial charge on any atom is -0.481 e. The lowest BCUT2D eigenvalue weighted by Gasteiger charge is -2.01. The zero-order chi connectivity index (χ0) is 15.8. The van der Waals surface area contributed by atoms with E-state index in [0.717, 1.165) is 0 Å². The van der Waals surface area contributed by atoms with Crippen molar-refractivity contribution in [1.82, 2.24) is 24.7 Å². The zero-order valence-corrected chi connectivity index (χ0v) is 10.4. The summed E-state index contributed by atoms with van der Waals surface area (Å²) in [6.07, 6.45) is 4.78. The van der Waals surface area contributed by atoms with Crippen molar-refractivity contribution in [2.75, 3.05) is 0 Å². The van der Waals surface area contributed by atoms with Crippen LogP contribution in [0.5, 0.6) is 0 Å². The predicted molar refractivity (Wildman–Crippen MR) is 65.4 cm³/mol. The van der Waals surface area contributed by atoms with Gasteiger partial charge in [-0.2, -0.15) is 5.10 Å². The first kappa shape index (κ1) is 15.7. The Hall–Kier alpha value is -3.37. The summed E-state index contributed by atoms with van der Waals surface area (Å²) in [5, 5.41) is 19.2. The molecule has 0 atom stereocenters. The number of carboxylic acids is 2. The first-order valence-electron chi connectivity index (χ1n) is 5.31. The van der Waals surface area contributed by atoms with Gasteiger partial charge in [0.15, 0.2) is 11.5 Å². The number of aliphatic carboxylic acids is 2. The van der Waals surface area contributed by atoms with Gasteiger partial charge in [-0.25, -0.2) is 19.6 Å². The fraction of sp³-hybridized carbons (Fsp3) is 0.100. The van der Waals surface area contributed by atoms with E-state index in [-0.39, 0.29) is 11.5 Å². The summed E-state index contributed by atoms with van der Waals surface area (Å²) < 4.78 is 1.33. The molecule has 0 saturated heterocycles. The number of nitrogens with zero attached hydrogens (tertiary/aromatic N) is 5. The van der Waals surface area contributed by atoms with Crippen LogP contribution in [0.2, 0.25) is 0 Å². The number of rotatable bonds is 4. The fourth-order valence-corrected chi connectivity index (χ4v) is 1.12. The zero-order valence-electron chi connectivity index (χ0n) is 10.4. The van der Waals surface area contributed by atoms with Crippen molar-refractivity contribution in [1.29, 1.82) is 0 Å². The number of carbonyl (C=O) groups is 3. The molecule has 0 bridgehead atoms. The van der Waals surface area contributed by atoms with Gasteiger partial charge in [-0.15, -0.1) is 0 Å². The topological polar surface area (TPSA) is 174 Å². The molecular weight excluding hydrogens is 284 g/mol. The monoisotopic (exact) mass is 294 g/mol. The number of hydrogen-bond donors (Lipinski definition) is 3. The molecule has 0 radical (unpaired) electrons. The van der Waals surface area contributed by atoms with Gasteiger partial charge < -0.3 is 15.9 Å². The van der Waals surface area contributed by atoms with Crippen molar-refractivity contribution >= 4 is 17.8 Å². The number of carbonyl (C=O) groups excluding carboxylic acids is 1. The molecule has 21 heavy (non-hydrogen) atoms. The Balaban J connectivity index is 0.000000270. The number of carboxylic acid groups (broad SMARTS) is 2. The van der Waals surface area contributed by atoms with Crippen molar-refractivity contribution in [2.24, 2.45) is 5.73 Å². The maximum atomic E-state index is 11.0. The van der Waals surface area contributed by atoms with E-state index in [4.69, 9.17) is 15.9 Å². The molecular formula is C10H10N6O5. The molecule has 0 aliphatic rings. The molecule has 11 heteroatoms. The summed E-state index contributed by atoms with van der Waals surface area (Å²) in [5.41, 5.74) is 5.19. The van der Waals surface area contributed by atoms with E-state index in [1.165, 1.54) is 29.7 Å². The van der Waals surface area contributed by atoms with Crippen LogP contribution < -0.4 is 5.73 Å². The van der Waals surface area contributed by atoms with E-state index < -0.39 is 24.3 Å². The van der Waals surface area contributed by atoms with Crippen molar-refractivity contribution in [2.45, 2.75) is 6.42 Å². The highest BCUT2D eigenvalue weighted by Crippen LogP contribution is 2.04. The number of amides is 1. The minimum absolute atomic E-state index is 0.0676. The molecule has 11 nitrogen and oxygen atoms in total. The van der Waals surface area contributed by atoms with Crippen LogP contribution in [0.4, 0.5) is 0 Å². The van der Waals surface area contributed by atoms with Crippen LogP contribution in [0.25, 0.3) is 5.82 Å². The number of hydrogen-bond acceptors (Lipinski definition) is 7. The summed E-state index contributed by atoms with van der Waals surface area (Å²) in [7, 11) is 0. The van der Waals surface area contributed by atoms with Gasteiger partial charge in [0.25, 0.3) is 5.91 Å². The van der Waals surface area contributed by atoms with Crippen molar-refractivity contribution in [3.05, 3.63) is 30.7 Å². The van der Waals surface area contributed by atoms with Gasteiger partial charge in [0.2, 0.25) is 0 Å². The maximum absolute atomic E-state index is 11.0. The number of primary amides is 1.